The van der Waals surface area contributed by atoms with E-state index in [9.17, 15) is 24.5 Å². The van der Waals surface area contributed by atoms with Gasteiger partial charge in [-0.3, -0.25) is 19.7 Å². The molecule has 2 amide bonds. The highest BCUT2D eigenvalue weighted by atomic mass is 16.6. The molecule has 10 heteroatoms. The molecule has 0 aromatic heterocycles. The van der Waals surface area contributed by atoms with Gasteiger partial charge in [-0.05, 0) is 37.3 Å². The van der Waals surface area contributed by atoms with Crippen molar-refractivity contribution in [1.82, 2.24) is 0 Å². The van der Waals surface area contributed by atoms with Crippen LogP contribution in [0.2, 0.25) is 0 Å². The summed E-state index contributed by atoms with van der Waals surface area (Å²) in [6.45, 7) is 2.75. The zero-order valence-electron chi connectivity index (χ0n) is 15.1. The van der Waals surface area contributed by atoms with Gasteiger partial charge in [-0.2, -0.15) is 0 Å². The summed E-state index contributed by atoms with van der Waals surface area (Å²) in [5, 5.41) is 15.9. The van der Waals surface area contributed by atoms with E-state index in [4.69, 9.17) is 10.5 Å². The molecule has 2 aromatic rings. The van der Waals surface area contributed by atoms with Crippen LogP contribution in [0.3, 0.4) is 0 Å². The second-order valence-corrected chi connectivity index (χ2v) is 5.82. The average molecular weight is 386 g/mol. The summed E-state index contributed by atoms with van der Waals surface area (Å²) >= 11 is 0. The summed E-state index contributed by atoms with van der Waals surface area (Å²) in [5.41, 5.74) is 6.19. The van der Waals surface area contributed by atoms with Crippen LogP contribution in [0.1, 0.15) is 24.2 Å². The van der Waals surface area contributed by atoms with Crippen molar-refractivity contribution in [2.45, 2.75) is 20.0 Å². The SMILES string of the molecule is CC(=O)Nc1ccc(NC(=O)[C@H](C)OC(=O)c2ccc([N+](=O)[O-])cc2N)cc1. The summed E-state index contributed by atoms with van der Waals surface area (Å²) in [6.07, 6.45) is -1.14. The highest BCUT2D eigenvalue weighted by Gasteiger charge is 2.21. The number of hydrogen-bond donors (Lipinski definition) is 3. The molecule has 0 bridgehead atoms. The van der Waals surface area contributed by atoms with Gasteiger partial charge in [0.25, 0.3) is 11.6 Å². The number of amides is 2. The van der Waals surface area contributed by atoms with Gasteiger partial charge in [-0.15, -0.1) is 0 Å². The second kappa shape index (κ2) is 8.62. The number of rotatable bonds is 6. The van der Waals surface area contributed by atoms with Gasteiger partial charge in [-0.25, -0.2) is 4.79 Å². The van der Waals surface area contributed by atoms with Crippen molar-refractivity contribution in [3.8, 4) is 0 Å². The molecule has 0 spiro atoms. The maximum Gasteiger partial charge on any atom is 0.341 e. The van der Waals surface area contributed by atoms with Gasteiger partial charge < -0.3 is 21.1 Å². The van der Waals surface area contributed by atoms with Crippen molar-refractivity contribution >= 4 is 40.5 Å². The molecule has 2 rings (SSSR count). The molecule has 2 aromatic carbocycles. The summed E-state index contributed by atoms with van der Waals surface area (Å²) in [6, 6.07) is 9.68. The molecule has 0 saturated carbocycles. The number of nitrogen functional groups attached to an aromatic ring is 1. The molecule has 1 atom stereocenters. The van der Waals surface area contributed by atoms with E-state index in [1.807, 2.05) is 0 Å². The molecule has 28 heavy (non-hydrogen) atoms. The van der Waals surface area contributed by atoms with Gasteiger partial charge >= 0.3 is 5.97 Å². The third-order valence-electron chi connectivity index (χ3n) is 3.59. The van der Waals surface area contributed by atoms with Crippen molar-refractivity contribution in [3.05, 3.63) is 58.1 Å². The van der Waals surface area contributed by atoms with Crippen LogP contribution in [0, 0.1) is 10.1 Å². The van der Waals surface area contributed by atoms with Gasteiger partial charge in [0.1, 0.15) is 0 Å². The van der Waals surface area contributed by atoms with E-state index in [-0.39, 0.29) is 22.8 Å². The van der Waals surface area contributed by atoms with E-state index in [0.29, 0.717) is 11.4 Å². The number of carbonyl (C=O) groups excluding carboxylic acids is 3. The lowest BCUT2D eigenvalue weighted by Gasteiger charge is -2.14. The molecular formula is C18H18N4O6. The molecule has 0 aliphatic carbocycles. The second-order valence-electron chi connectivity index (χ2n) is 5.82. The number of carbonyl (C=O) groups is 3. The van der Waals surface area contributed by atoms with Crippen LogP contribution in [0.25, 0.3) is 0 Å². The molecule has 0 radical (unpaired) electrons. The number of esters is 1. The first kappa shape index (κ1) is 20.4. The monoisotopic (exact) mass is 386 g/mol. The van der Waals surface area contributed by atoms with E-state index in [2.05, 4.69) is 10.6 Å². The van der Waals surface area contributed by atoms with E-state index < -0.39 is 22.9 Å². The zero-order valence-corrected chi connectivity index (χ0v) is 15.1. The minimum Gasteiger partial charge on any atom is -0.449 e. The number of anilines is 3. The minimum atomic E-state index is -1.14. The van der Waals surface area contributed by atoms with Crippen LogP contribution in [-0.4, -0.2) is 28.8 Å². The Morgan fingerprint density at radius 3 is 2.14 bits per heavy atom. The van der Waals surface area contributed by atoms with Gasteiger partial charge in [0.05, 0.1) is 16.2 Å². The van der Waals surface area contributed by atoms with E-state index in [0.717, 1.165) is 12.1 Å². The third kappa shape index (κ3) is 5.27. The molecule has 0 aliphatic heterocycles. The number of non-ortho nitro benzene ring substituents is 1. The maximum atomic E-state index is 12.2. The fraction of sp³-hybridized carbons (Fsp3) is 0.167. The van der Waals surface area contributed by atoms with Gasteiger partial charge in [0, 0.05) is 30.4 Å². The molecule has 0 aliphatic rings. The molecular weight excluding hydrogens is 368 g/mol. The number of nitrogens with zero attached hydrogens (tertiary/aromatic N) is 1. The molecule has 0 unspecified atom stereocenters. The number of benzene rings is 2. The summed E-state index contributed by atoms with van der Waals surface area (Å²) in [4.78, 5) is 45.4. The van der Waals surface area contributed by atoms with E-state index in [1.165, 1.54) is 19.9 Å². The van der Waals surface area contributed by atoms with Crippen molar-refractivity contribution in [3.63, 3.8) is 0 Å². The Labute approximate surface area is 159 Å². The Balaban J connectivity index is 1.99. The number of nitro benzene ring substituents is 1. The summed E-state index contributed by atoms with van der Waals surface area (Å²) < 4.78 is 5.07. The third-order valence-corrected chi connectivity index (χ3v) is 3.59. The van der Waals surface area contributed by atoms with Crippen LogP contribution in [-0.2, 0) is 14.3 Å². The first-order valence-electron chi connectivity index (χ1n) is 8.11. The first-order chi connectivity index (χ1) is 13.2. The fourth-order valence-electron chi connectivity index (χ4n) is 2.21. The predicted octanol–water partition coefficient (Wildman–Crippen LogP) is 2.32. The number of ether oxygens (including phenoxy) is 1. The lowest BCUT2D eigenvalue weighted by molar-refractivity contribution is -0.384. The summed E-state index contributed by atoms with van der Waals surface area (Å²) in [7, 11) is 0. The largest absolute Gasteiger partial charge is 0.449 e. The van der Waals surface area contributed by atoms with Crippen LogP contribution in [0.5, 0.6) is 0 Å². The topological polar surface area (TPSA) is 154 Å². The van der Waals surface area contributed by atoms with Gasteiger partial charge in [0.15, 0.2) is 6.10 Å². The molecule has 4 N–H and O–H groups in total. The Morgan fingerprint density at radius 1 is 1.07 bits per heavy atom. The van der Waals surface area contributed by atoms with Crippen LogP contribution in [0.15, 0.2) is 42.5 Å². The quantitative estimate of drug-likeness (QED) is 0.298. The smallest absolute Gasteiger partial charge is 0.341 e. The standard InChI is InChI=1S/C18H18N4O6/c1-10(17(24)21-13-5-3-12(4-6-13)20-11(2)23)28-18(25)15-8-7-14(22(26)27)9-16(15)19/h3-10H,19H2,1-2H3,(H,20,23)(H,21,24)/t10-/m0/s1. The van der Waals surface area contributed by atoms with Crippen LogP contribution >= 0.6 is 0 Å². The van der Waals surface area contributed by atoms with Crippen molar-refractivity contribution in [1.29, 1.82) is 0 Å². The van der Waals surface area contributed by atoms with Crippen molar-refractivity contribution in [2.75, 3.05) is 16.4 Å². The predicted molar refractivity (Wildman–Crippen MR) is 102 cm³/mol. The number of nitrogens with two attached hydrogens (primary N) is 1. The molecule has 0 saturated heterocycles. The normalized spacial score (nSPS) is 11.2. The average Bonchev–Trinajstić information content (AvgIpc) is 2.62. The van der Waals surface area contributed by atoms with Crippen LogP contribution < -0.4 is 16.4 Å². The number of nitrogens with one attached hydrogen (secondary N) is 2. The van der Waals surface area contributed by atoms with Gasteiger partial charge in [0.2, 0.25) is 5.91 Å². The zero-order chi connectivity index (χ0) is 20.8. The van der Waals surface area contributed by atoms with Gasteiger partial charge in [-0.1, -0.05) is 0 Å². The van der Waals surface area contributed by atoms with Crippen LogP contribution in [0.4, 0.5) is 22.7 Å². The Hall–Kier alpha value is -3.95. The molecule has 146 valence electrons. The van der Waals surface area contributed by atoms with E-state index in [1.54, 1.807) is 24.3 Å². The highest BCUT2D eigenvalue weighted by molar-refractivity contribution is 5.99. The summed E-state index contributed by atoms with van der Waals surface area (Å²) in [5.74, 6) is -1.68. The number of nitro groups is 1. The van der Waals surface area contributed by atoms with E-state index >= 15 is 0 Å². The van der Waals surface area contributed by atoms with Crippen molar-refractivity contribution < 1.29 is 24.0 Å². The fourth-order valence-corrected chi connectivity index (χ4v) is 2.21. The highest BCUT2D eigenvalue weighted by Crippen LogP contribution is 2.21. The Bertz CT molecular complexity index is 926. The Morgan fingerprint density at radius 2 is 1.64 bits per heavy atom. The molecule has 10 nitrogen and oxygen atoms in total. The number of hydrogen-bond acceptors (Lipinski definition) is 7. The first-order valence-corrected chi connectivity index (χ1v) is 8.11. The Kier molecular flexibility index (Phi) is 6.27. The van der Waals surface area contributed by atoms with Crippen molar-refractivity contribution in [2.24, 2.45) is 0 Å². The maximum absolute atomic E-state index is 12.2. The minimum absolute atomic E-state index is 0.0788. The lowest BCUT2D eigenvalue weighted by atomic mass is 10.1. The molecule has 0 heterocycles. The molecule has 0 fully saturated rings. The lowest BCUT2D eigenvalue weighted by Crippen LogP contribution is -2.30.